The van der Waals surface area contributed by atoms with Gasteiger partial charge in [0.25, 0.3) is 0 Å². The van der Waals surface area contributed by atoms with E-state index in [0.717, 1.165) is 19.3 Å². The molecule has 3 heterocycles. The zero-order valence-electron chi connectivity index (χ0n) is 19.0. The first-order valence-corrected chi connectivity index (χ1v) is 13.1. The van der Waals surface area contributed by atoms with Gasteiger partial charge in [0.2, 0.25) is 15.9 Å². The lowest BCUT2D eigenvalue weighted by atomic mass is 9.97. The third-order valence-electron chi connectivity index (χ3n) is 6.44. The zero-order chi connectivity index (χ0) is 23.4. The Morgan fingerprint density at radius 3 is 2.52 bits per heavy atom. The number of aryl methyl sites for hydroxylation is 1. The zero-order valence-corrected chi connectivity index (χ0v) is 19.8. The van der Waals surface area contributed by atoms with Crippen LogP contribution in [0.15, 0.2) is 23.1 Å². The van der Waals surface area contributed by atoms with Gasteiger partial charge in [0.1, 0.15) is 5.52 Å². The van der Waals surface area contributed by atoms with Crippen LogP contribution in [0.25, 0.3) is 11.0 Å². The molecular formula is C22H31N5O5S. The molecule has 2 fully saturated rings. The number of sulfonamides is 1. The van der Waals surface area contributed by atoms with Crippen molar-refractivity contribution in [2.45, 2.75) is 56.9 Å². The second kappa shape index (κ2) is 10.2. The standard InChI is InChI=1S/C22H31N5O5S/c1-2-32-22(29)17-8-13-25(14-9-17)21(28)10-15-27-20-7-6-18(16-19(20)23-24-27)33(30,31)26-11-4-3-5-12-26/h6-7,16-17H,2-5,8-15H2,1H3. The highest BCUT2D eigenvalue weighted by molar-refractivity contribution is 7.89. The summed E-state index contributed by atoms with van der Waals surface area (Å²) in [5.74, 6) is -0.311. The van der Waals surface area contributed by atoms with E-state index in [9.17, 15) is 18.0 Å². The molecular weight excluding hydrogens is 446 g/mol. The van der Waals surface area contributed by atoms with Crippen LogP contribution in [0.5, 0.6) is 0 Å². The van der Waals surface area contributed by atoms with Crippen molar-refractivity contribution >= 4 is 32.9 Å². The molecule has 2 aromatic rings. The van der Waals surface area contributed by atoms with Gasteiger partial charge in [-0.3, -0.25) is 9.59 Å². The molecule has 0 atom stereocenters. The Morgan fingerprint density at radius 2 is 1.82 bits per heavy atom. The highest BCUT2D eigenvalue weighted by atomic mass is 32.2. The summed E-state index contributed by atoms with van der Waals surface area (Å²) in [4.78, 5) is 26.5. The van der Waals surface area contributed by atoms with Crippen LogP contribution in [0.4, 0.5) is 0 Å². The number of benzene rings is 1. The van der Waals surface area contributed by atoms with Crippen molar-refractivity contribution in [2.75, 3.05) is 32.8 Å². The molecule has 0 saturated carbocycles. The highest BCUT2D eigenvalue weighted by Gasteiger charge is 2.29. The molecule has 0 bridgehead atoms. The maximum Gasteiger partial charge on any atom is 0.309 e. The molecule has 1 aromatic heterocycles. The minimum absolute atomic E-state index is 0.00487. The van der Waals surface area contributed by atoms with Crippen molar-refractivity contribution in [3.63, 3.8) is 0 Å². The van der Waals surface area contributed by atoms with Crippen molar-refractivity contribution in [1.29, 1.82) is 0 Å². The molecule has 0 radical (unpaired) electrons. The number of aromatic nitrogens is 3. The summed E-state index contributed by atoms with van der Waals surface area (Å²) in [6, 6.07) is 4.86. The van der Waals surface area contributed by atoms with Crippen LogP contribution in [-0.4, -0.2) is 77.3 Å². The first-order chi connectivity index (χ1) is 15.9. The summed E-state index contributed by atoms with van der Waals surface area (Å²) in [6.07, 6.45) is 4.31. The summed E-state index contributed by atoms with van der Waals surface area (Å²) in [5.41, 5.74) is 1.19. The molecule has 180 valence electrons. The third kappa shape index (κ3) is 5.19. The number of ether oxygens (including phenoxy) is 1. The maximum absolute atomic E-state index is 12.9. The average Bonchev–Trinajstić information content (AvgIpc) is 3.25. The van der Waals surface area contributed by atoms with Crippen molar-refractivity contribution in [3.05, 3.63) is 18.2 Å². The number of likely N-dealkylation sites (tertiary alicyclic amines) is 1. The molecule has 2 aliphatic rings. The highest BCUT2D eigenvalue weighted by Crippen LogP contribution is 2.24. The smallest absolute Gasteiger partial charge is 0.309 e. The molecule has 0 unspecified atom stereocenters. The van der Waals surface area contributed by atoms with Crippen LogP contribution >= 0.6 is 0 Å². The Morgan fingerprint density at radius 1 is 1.09 bits per heavy atom. The van der Waals surface area contributed by atoms with Gasteiger partial charge in [-0.05, 0) is 50.8 Å². The fraction of sp³-hybridized carbons (Fsp3) is 0.636. The minimum Gasteiger partial charge on any atom is -0.466 e. The molecule has 2 saturated heterocycles. The van der Waals surface area contributed by atoms with Crippen molar-refractivity contribution in [3.8, 4) is 0 Å². The van der Waals surface area contributed by atoms with E-state index < -0.39 is 10.0 Å². The molecule has 11 heteroatoms. The van der Waals surface area contributed by atoms with Crippen LogP contribution < -0.4 is 0 Å². The molecule has 33 heavy (non-hydrogen) atoms. The van der Waals surface area contributed by atoms with E-state index in [2.05, 4.69) is 10.3 Å². The number of esters is 1. The molecule has 0 aliphatic carbocycles. The number of carbonyl (C=O) groups is 2. The maximum atomic E-state index is 12.9. The van der Waals surface area contributed by atoms with Gasteiger partial charge < -0.3 is 9.64 Å². The molecule has 10 nitrogen and oxygen atoms in total. The number of amides is 1. The number of hydrogen-bond donors (Lipinski definition) is 0. The Bertz CT molecular complexity index is 1100. The SMILES string of the molecule is CCOC(=O)C1CCN(C(=O)CCn2nnc3cc(S(=O)(=O)N4CCCCC4)ccc32)CC1. The predicted molar refractivity (Wildman–Crippen MR) is 121 cm³/mol. The average molecular weight is 478 g/mol. The van der Waals surface area contributed by atoms with Crippen molar-refractivity contribution < 1.29 is 22.7 Å². The van der Waals surface area contributed by atoms with Gasteiger partial charge >= 0.3 is 5.97 Å². The molecule has 1 aromatic carbocycles. The largest absolute Gasteiger partial charge is 0.466 e. The Balaban J connectivity index is 1.36. The van der Waals surface area contributed by atoms with Crippen molar-refractivity contribution in [2.24, 2.45) is 5.92 Å². The summed E-state index contributed by atoms with van der Waals surface area (Å²) in [7, 11) is -3.54. The van der Waals surface area contributed by atoms with Crippen LogP contribution in [0, 0.1) is 5.92 Å². The van der Waals surface area contributed by atoms with Crippen LogP contribution in [0.3, 0.4) is 0 Å². The molecule has 1 amide bonds. The van der Waals surface area contributed by atoms with E-state index in [-0.39, 0.29) is 29.1 Å². The normalized spacial score (nSPS) is 18.5. The first kappa shape index (κ1) is 23.6. The van der Waals surface area contributed by atoms with Gasteiger partial charge in [0, 0.05) is 32.6 Å². The number of piperidine rings is 2. The molecule has 4 rings (SSSR count). The van der Waals surface area contributed by atoms with Crippen LogP contribution in [0.1, 0.15) is 45.4 Å². The summed E-state index contributed by atoms with van der Waals surface area (Å²) < 4.78 is 34.1. The van der Waals surface area contributed by atoms with E-state index in [1.54, 1.807) is 34.7 Å². The fourth-order valence-corrected chi connectivity index (χ4v) is 6.05. The Hall–Kier alpha value is -2.53. The number of hydrogen-bond acceptors (Lipinski definition) is 7. The van der Waals surface area contributed by atoms with E-state index in [4.69, 9.17) is 4.74 Å². The monoisotopic (exact) mass is 477 g/mol. The third-order valence-corrected chi connectivity index (χ3v) is 8.34. The topological polar surface area (TPSA) is 115 Å². The molecule has 0 N–H and O–H groups in total. The van der Waals surface area contributed by atoms with Gasteiger partial charge in [-0.15, -0.1) is 5.10 Å². The minimum atomic E-state index is -3.54. The number of nitrogens with zero attached hydrogens (tertiary/aromatic N) is 5. The van der Waals surface area contributed by atoms with Crippen LogP contribution in [0.2, 0.25) is 0 Å². The predicted octanol–water partition coefficient (Wildman–Crippen LogP) is 1.80. The van der Waals surface area contributed by atoms with Gasteiger partial charge in [-0.2, -0.15) is 4.31 Å². The lowest BCUT2D eigenvalue weighted by Crippen LogP contribution is -2.40. The van der Waals surface area contributed by atoms with Crippen LogP contribution in [-0.2, 0) is 30.9 Å². The first-order valence-electron chi connectivity index (χ1n) is 11.7. The quantitative estimate of drug-likeness (QED) is 0.559. The van der Waals surface area contributed by atoms with E-state index in [1.165, 1.54) is 4.31 Å². The van der Waals surface area contributed by atoms with Gasteiger partial charge in [0.05, 0.1) is 29.5 Å². The van der Waals surface area contributed by atoms with E-state index in [1.807, 2.05) is 0 Å². The second-order valence-electron chi connectivity index (χ2n) is 8.58. The Labute approximate surface area is 193 Å². The second-order valence-corrected chi connectivity index (χ2v) is 10.5. The van der Waals surface area contributed by atoms with Crippen molar-refractivity contribution in [1.82, 2.24) is 24.2 Å². The number of rotatable bonds is 7. The lowest BCUT2D eigenvalue weighted by Gasteiger charge is -2.31. The molecule has 2 aliphatic heterocycles. The van der Waals surface area contributed by atoms with E-state index in [0.29, 0.717) is 63.2 Å². The lowest BCUT2D eigenvalue weighted by molar-refractivity contribution is -0.151. The molecule has 0 spiro atoms. The van der Waals surface area contributed by atoms with E-state index >= 15 is 0 Å². The fourth-order valence-electron chi connectivity index (χ4n) is 4.52. The van der Waals surface area contributed by atoms with Gasteiger partial charge in [-0.25, -0.2) is 13.1 Å². The Kier molecular flexibility index (Phi) is 7.28. The van der Waals surface area contributed by atoms with Gasteiger partial charge in [-0.1, -0.05) is 11.6 Å². The number of fused-ring (bicyclic) bond motifs is 1. The van der Waals surface area contributed by atoms with Gasteiger partial charge in [0.15, 0.2) is 0 Å². The summed E-state index contributed by atoms with van der Waals surface area (Å²) in [5, 5.41) is 8.26. The summed E-state index contributed by atoms with van der Waals surface area (Å²) >= 11 is 0. The summed E-state index contributed by atoms with van der Waals surface area (Å²) in [6.45, 7) is 4.69. The number of carbonyl (C=O) groups excluding carboxylic acids is 2.